The number of hydrogen-bond acceptors (Lipinski definition) is 3. The van der Waals surface area contributed by atoms with E-state index >= 15 is 0 Å². The first-order valence-electron chi connectivity index (χ1n) is 8.00. The monoisotopic (exact) mass is 323 g/mol. The highest BCUT2D eigenvalue weighted by molar-refractivity contribution is 5.93. The van der Waals surface area contributed by atoms with Crippen molar-refractivity contribution in [1.29, 1.82) is 0 Å². The highest BCUT2D eigenvalue weighted by Gasteiger charge is 2.12. The first kappa shape index (κ1) is 16.0. The van der Waals surface area contributed by atoms with E-state index in [9.17, 15) is 4.79 Å². The summed E-state index contributed by atoms with van der Waals surface area (Å²) in [5, 5.41) is 14.2. The minimum Gasteiger partial charge on any atom is -0.347 e. The minimum absolute atomic E-state index is 0.176. The van der Waals surface area contributed by atoms with Crippen LogP contribution in [0.5, 0.6) is 0 Å². The topological polar surface area (TPSA) is 75.6 Å². The van der Waals surface area contributed by atoms with Crippen LogP contribution >= 0.6 is 0 Å². The molecule has 24 heavy (non-hydrogen) atoms. The minimum atomic E-state index is -0.176. The summed E-state index contributed by atoms with van der Waals surface area (Å²) in [5.74, 6) is -0.176. The zero-order valence-electron chi connectivity index (χ0n) is 14.1. The second kappa shape index (κ2) is 6.70. The smallest absolute Gasteiger partial charge is 0.269 e. The Balaban J connectivity index is 1.67. The van der Waals surface area contributed by atoms with E-state index in [0.717, 1.165) is 29.1 Å². The third kappa shape index (κ3) is 3.22. The maximum absolute atomic E-state index is 12.3. The van der Waals surface area contributed by atoms with E-state index in [4.69, 9.17) is 0 Å². The van der Waals surface area contributed by atoms with Crippen molar-refractivity contribution in [2.45, 2.75) is 33.9 Å². The maximum Gasteiger partial charge on any atom is 0.269 e. The molecule has 0 radical (unpaired) electrons. The number of hydrogen-bond donors (Lipinski definition) is 2. The van der Waals surface area contributed by atoms with Gasteiger partial charge in [0, 0.05) is 29.9 Å². The molecule has 3 rings (SSSR count). The number of carbonyl (C=O) groups excluding carboxylic acids is 1. The van der Waals surface area contributed by atoms with Crippen LogP contribution in [0.2, 0.25) is 0 Å². The Kier molecular flexibility index (Phi) is 4.46. The zero-order valence-corrected chi connectivity index (χ0v) is 14.1. The lowest BCUT2D eigenvalue weighted by molar-refractivity contribution is 0.0946. The van der Waals surface area contributed by atoms with Crippen molar-refractivity contribution in [1.82, 2.24) is 25.3 Å². The predicted molar refractivity (Wildman–Crippen MR) is 92.6 cm³/mol. The average molecular weight is 323 g/mol. The molecule has 0 fully saturated rings. The molecule has 0 aliphatic rings. The fraction of sp³-hybridized carbons (Fsp3) is 0.278. The number of aromatic nitrogens is 4. The summed E-state index contributed by atoms with van der Waals surface area (Å²) in [7, 11) is 0. The number of carbonyl (C=O) groups is 1. The van der Waals surface area contributed by atoms with Crippen LogP contribution < -0.4 is 5.32 Å². The summed E-state index contributed by atoms with van der Waals surface area (Å²) in [6.07, 6.45) is 1.80. The van der Waals surface area contributed by atoms with Crippen LogP contribution in [-0.2, 0) is 13.1 Å². The van der Waals surface area contributed by atoms with Crippen molar-refractivity contribution in [3.05, 3.63) is 59.0 Å². The normalized spacial score (nSPS) is 10.8. The molecule has 0 spiro atoms. The second-order valence-electron chi connectivity index (χ2n) is 5.79. The van der Waals surface area contributed by atoms with Crippen LogP contribution in [0.4, 0.5) is 0 Å². The average Bonchev–Trinajstić information content (AvgIpc) is 3.20. The summed E-state index contributed by atoms with van der Waals surface area (Å²) in [6.45, 7) is 7.35. The quantitative estimate of drug-likeness (QED) is 0.758. The molecule has 3 aromatic rings. The van der Waals surface area contributed by atoms with Gasteiger partial charge in [-0.15, -0.1) is 0 Å². The lowest BCUT2D eigenvalue weighted by Gasteiger charge is -2.04. The Bertz CT molecular complexity index is 845. The van der Waals surface area contributed by atoms with E-state index in [1.54, 1.807) is 12.3 Å². The maximum atomic E-state index is 12.3. The van der Waals surface area contributed by atoms with Crippen molar-refractivity contribution in [2.24, 2.45) is 0 Å². The number of nitrogens with zero attached hydrogens (tertiary/aromatic N) is 3. The molecular weight excluding hydrogens is 302 g/mol. The predicted octanol–water partition coefficient (Wildman–Crippen LogP) is 2.84. The van der Waals surface area contributed by atoms with Crippen LogP contribution in [0.3, 0.4) is 0 Å². The lowest BCUT2D eigenvalue weighted by Crippen LogP contribution is -2.23. The molecule has 0 saturated carbocycles. The van der Waals surface area contributed by atoms with Gasteiger partial charge in [-0.1, -0.05) is 29.8 Å². The largest absolute Gasteiger partial charge is 0.347 e. The summed E-state index contributed by atoms with van der Waals surface area (Å²) in [5.41, 5.74) is 5.47. The second-order valence-corrected chi connectivity index (χ2v) is 5.79. The van der Waals surface area contributed by atoms with Gasteiger partial charge in [0.25, 0.3) is 5.91 Å². The summed E-state index contributed by atoms with van der Waals surface area (Å²) < 4.78 is 1.91. The third-order valence-electron chi connectivity index (χ3n) is 4.11. The molecule has 0 aliphatic carbocycles. The standard InChI is InChI=1S/C18H21N5O/c1-4-23-13(3)15(11-20-23)10-19-18(24)17-9-16(21-22-17)14-7-5-12(2)6-8-14/h5-9,11H,4,10H2,1-3H3,(H,19,24)(H,21,22). The molecule has 0 bridgehead atoms. The lowest BCUT2D eigenvalue weighted by atomic mass is 10.1. The van der Waals surface area contributed by atoms with Crippen molar-refractivity contribution in [3.63, 3.8) is 0 Å². The fourth-order valence-corrected chi connectivity index (χ4v) is 2.56. The molecule has 0 unspecified atom stereocenters. The molecule has 6 nitrogen and oxygen atoms in total. The first-order valence-corrected chi connectivity index (χ1v) is 8.00. The highest BCUT2D eigenvalue weighted by Crippen LogP contribution is 2.18. The van der Waals surface area contributed by atoms with Crippen LogP contribution in [0.25, 0.3) is 11.3 Å². The molecule has 2 aromatic heterocycles. The van der Waals surface area contributed by atoms with E-state index < -0.39 is 0 Å². The number of H-pyrrole nitrogens is 1. The highest BCUT2D eigenvalue weighted by atomic mass is 16.1. The molecule has 1 aromatic carbocycles. The molecule has 0 aliphatic heterocycles. The van der Waals surface area contributed by atoms with Gasteiger partial charge in [-0.2, -0.15) is 10.2 Å². The number of amides is 1. The Hall–Kier alpha value is -2.89. The molecule has 2 N–H and O–H groups in total. The number of aromatic amines is 1. The molecular formula is C18H21N5O. The van der Waals surface area contributed by atoms with Crippen molar-refractivity contribution in [2.75, 3.05) is 0 Å². The molecule has 6 heteroatoms. The number of aryl methyl sites for hydroxylation is 2. The van der Waals surface area contributed by atoms with E-state index in [0.29, 0.717) is 12.2 Å². The van der Waals surface area contributed by atoms with E-state index in [2.05, 4.69) is 20.6 Å². The van der Waals surface area contributed by atoms with Gasteiger partial charge in [-0.05, 0) is 26.8 Å². The first-order chi connectivity index (χ1) is 11.6. The number of nitrogens with one attached hydrogen (secondary N) is 2. The van der Waals surface area contributed by atoms with Crippen molar-refractivity contribution < 1.29 is 4.79 Å². The van der Waals surface area contributed by atoms with Crippen LogP contribution in [0, 0.1) is 13.8 Å². The molecule has 0 atom stereocenters. The van der Waals surface area contributed by atoms with Crippen LogP contribution in [0.1, 0.15) is 34.2 Å². The zero-order chi connectivity index (χ0) is 17.1. The van der Waals surface area contributed by atoms with Gasteiger partial charge in [-0.25, -0.2) is 0 Å². The Morgan fingerprint density at radius 1 is 1.25 bits per heavy atom. The van der Waals surface area contributed by atoms with E-state index in [1.165, 1.54) is 5.56 Å². The molecule has 0 saturated heterocycles. The van der Waals surface area contributed by atoms with E-state index in [-0.39, 0.29) is 5.91 Å². The van der Waals surface area contributed by atoms with Crippen molar-refractivity contribution in [3.8, 4) is 11.3 Å². The fourth-order valence-electron chi connectivity index (χ4n) is 2.56. The van der Waals surface area contributed by atoms with Gasteiger partial charge in [0.2, 0.25) is 0 Å². The van der Waals surface area contributed by atoms with Gasteiger partial charge in [0.15, 0.2) is 0 Å². The van der Waals surface area contributed by atoms with Crippen molar-refractivity contribution >= 4 is 5.91 Å². The summed E-state index contributed by atoms with van der Waals surface area (Å²) >= 11 is 0. The SMILES string of the molecule is CCn1ncc(CNC(=O)c2cc(-c3ccc(C)cc3)n[nH]2)c1C. The van der Waals surface area contributed by atoms with Gasteiger partial charge >= 0.3 is 0 Å². The molecule has 1 amide bonds. The Morgan fingerprint density at radius 2 is 2.00 bits per heavy atom. The van der Waals surface area contributed by atoms with Gasteiger partial charge < -0.3 is 5.32 Å². The Morgan fingerprint density at radius 3 is 2.67 bits per heavy atom. The van der Waals surface area contributed by atoms with Crippen LogP contribution in [0.15, 0.2) is 36.5 Å². The van der Waals surface area contributed by atoms with Crippen LogP contribution in [-0.4, -0.2) is 25.9 Å². The summed E-state index contributed by atoms with van der Waals surface area (Å²) in [4.78, 5) is 12.3. The number of rotatable bonds is 5. The van der Waals surface area contributed by atoms with E-state index in [1.807, 2.05) is 49.7 Å². The molecule has 2 heterocycles. The van der Waals surface area contributed by atoms with Gasteiger partial charge in [0.05, 0.1) is 11.9 Å². The summed E-state index contributed by atoms with van der Waals surface area (Å²) in [6, 6.07) is 9.81. The number of benzene rings is 1. The van der Waals surface area contributed by atoms with Gasteiger partial charge in [0.1, 0.15) is 5.69 Å². The molecule has 124 valence electrons. The van der Waals surface area contributed by atoms with Gasteiger partial charge in [-0.3, -0.25) is 14.6 Å². The Labute approximate surface area is 140 Å². The third-order valence-corrected chi connectivity index (χ3v) is 4.11.